The summed E-state index contributed by atoms with van der Waals surface area (Å²) in [7, 11) is 4.04. The van der Waals surface area contributed by atoms with Crippen LogP contribution < -0.4 is 0 Å². The Kier molecular flexibility index (Phi) is 5.99. The average molecular weight is 188 g/mol. The molecule has 70 valence electrons. The fraction of sp³-hybridized carbons (Fsp3) is 0.875. The fourth-order valence-corrected chi connectivity index (χ4v) is 1.54. The first-order valence-electron chi connectivity index (χ1n) is 4.02. The fourth-order valence-electron chi connectivity index (χ4n) is 1.54. The summed E-state index contributed by atoms with van der Waals surface area (Å²) in [5.74, 6) is 0. The van der Waals surface area contributed by atoms with Crippen LogP contribution in [-0.2, 0) is 17.4 Å². The number of ether oxygens (including phenoxy) is 1. The van der Waals surface area contributed by atoms with Gasteiger partial charge >= 0.3 is 0 Å². The maximum Gasteiger partial charge on any atom is 0.182 e. The molecule has 3 nitrogen and oxygen atoms in total. The van der Waals surface area contributed by atoms with Gasteiger partial charge in [0, 0.05) is 20.0 Å². The quantitative estimate of drug-likeness (QED) is 0.366. The van der Waals surface area contributed by atoms with E-state index >= 15 is 0 Å². The maximum absolute atomic E-state index is 7.13. The number of hydrogen-bond acceptors (Lipinski definition) is 3. The van der Waals surface area contributed by atoms with Crippen LogP contribution in [-0.4, -0.2) is 38.5 Å². The van der Waals surface area contributed by atoms with Crippen molar-refractivity contribution in [3.63, 3.8) is 0 Å². The minimum Gasteiger partial charge on any atom is -0.696 e. The van der Waals surface area contributed by atoms with Crippen LogP contribution in [0.2, 0.25) is 0 Å². The Morgan fingerprint density at radius 1 is 1.50 bits per heavy atom. The van der Waals surface area contributed by atoms with E-state index in [1.807, 2.05) is 0 Å². The second kappa shape index (κ2) is 6.18. The van der Waals surface area contributed by atoms with Crippen molar-refractivity contribution < 1.29 is 9.22 Å². The Labute approximate surface area is 79.9 Å². The van der Waals surface area contributed by atoms with Gasteiger partial charge in [0.15, 0.2) is 6.73 Å². The highest BCUT2D eigenvalue weighted by Gasteiger charge is 2.25. The molecule has 0 aromatic rings. The molecule has 0 bridgehead atoms. The molecule has 4 heteroatoms. The van der Waals surface area contributed by atoms with Crippen LogP contribution in [0.25, 0.3) is 0 Å². The summed E-state index contributed by atoms with van der Waals surface area (Å²) in [5.41, 5.74) is 0. The van der Waals surface area contributed by atoms with E-state index in [0.29, 0.717) is 0 Å². The third-order valence-corrected chi connectivity index (χ3v) is 2.09. The molecule has 0 aliphatic carbocycles. The van der Waals surface area contributed by atoms with Crippen LogP contribution in [0.5, 0.6) is 0 Å². The number of likely N-dealkylation sites (tertiary alicyclic amines) is 1. The SMILES string of the molecule is COC[N+]1(C)CCCC1.N#C[S-]. The van der Waals surface area contributed by atoms with Gasteiger partial charge in [-0.3, -0.25) is 0 Å². The molecule has 0 spiro atoms. The molecule has 1 fully saturated rings. The lowest BCUT2D eigenvalue weighted by molar-refractivity contribution is -0.916. The van der Waals surface area contributed by atoms with E-state index in [-0.39, 0.29) is 0 Å². The third-order valence-electron chi connectivity index (χ3n) is 2.09. The Bertz CT molecular complexity index is 150. The second-order valence-corrected chi connectivity index (χ2v) is 3.47. The van der Waals surface area contributed by atoms with Gasteiger partial charge in [-0.2, -0.15) is 0 Å². The first-order chi connectivity index (χ1) is 5.68. The predicted octanol–water partition coefficient (Wildman–Crippen LogP) is 0.845. The van der Waals surface area contributed by atoms with Crippen molar-refractivity contribution in [2.45, 2.75) is 12.8 Å². The van der Waals surface area contributed by atoms with Crippen LogP contribution >= 0.6 is 0 Å². The second-order valence-electron chi connectivity index (χ2n) is 3.28. The van der Waals surface area contributed by atoms with Gasteiger partial charge in [-0.15, -0.1) is 0 Å². The Morgan fingerprint density at radius 2 is 1.92 bits per heavy atom. The van der Waals surface area contributed by atoms with Gasteiger partial charge in [0.2, 0.25) is 0 Å². The van der Waals surface area contributed by atoms with Gasteiger partial charge in [0.25, 0.3) is 0 Å². The van der Waals surface area contributed by atoms with E-state index in [1.165, 1.54) is 31.3 Å². The number of thiocyanates is 1. The highest BCUT2D eigenvalue weighted by molar-refractivity contribution is 7.64. The van der Waals surface area contributed by atoms with Crippen LogP contribution in [0, 0.1) is 10.7 Å². The molecule has 0 aromatic heterocycles. The van der Waals surface area contributed by atoms with Crippen LogP contribution in [0.4, 0.5) is 0 Å². The number of methoxy groups -OCH3 is 1. The molecule has 0 radical (unpaired) electrons. The minimum absolute atomic E-state index is 0.889. The zero-order valence-electron chi connectivity index (χ0n) is 7.75. The Hall–Kier alpha value is -0.370. The number of nitrogens with zero attached hydrogens (tertiary/aromatic N) is 2. The molecule has 1 aliphatic heterocycles. The molecule has 0 amide bonds. The molecule has 12 heavy (non-hydrogen) atoms. The summed E-state index contributed by atoms with van der Waals surface area (Å²) in [6.07, 6.45) is 2.75. The summed E-state index contributed by atoms with van der Waals surface area (Å²) >= 11 is 3.70. The lowest BCUT2D eigenvalue weighted by atomic mass is 10.4. The van der Waals surface area contributed by atoms with Crippen molar-refractivity contribution in [2.75, 3.05) is 34.0 Å². The van der Waals surface area contributed by atoms with E-state index in [2.05, 4.69) is 19.7 Å². The van der Waals surface area contributed by atoms with Gasteiger partial charge in [-0.1, -0.05) is 5.40 Å². The van der Waals surface area contributed by atoms with Gasteiger partial charge in [0.05, 0.1) is 20.1 Å². The molecule has 0 aromatic carbocycles. The number of nitriles is 1. The van der Waals surface area contributed by atoms with E-state index in [1.54, 1.807) is 7.11 Å². The lowest BCUT2D eigenvalue weighted by Crippen LogP contribution is -2.42. The predicted molar refractivity (Wildman–Crippen MR) is 50.0 cm³/mol. The lowest BCUT2D eigenvalue weighted by Gasteiger charge is -2.27. The maximum atomic E-state index is 7.13. The first-order valence-corrected chi connectivity index (χ1v) is 4.43. The summed E-state index contributed by atoms with van der Waals surface area (Å²) in [6.45, 7) is 3.49. The standard InChI is InChI=1S/C7H16NO.CHNS/c1-8(7-9-2)5-3-4-6-8;2-1-3/h3-7H2,1-2H3;3H/q+1;/p-1. The highest BCUT2D eigenvalue weighted by Crippen LogP contribution is 2.14. The molecule has 1 rings (SSSR count). The first kappa shape index (κ1) is 11.6. The van der Waals surface area contributed by atoms with Gasteiger partial charge < -0.3 is 21.8 Å². The molecular weight excluding hydrogens is 172 g/mol. The molecule has 0 N–H and O–H groups in total. The molecule has 1 aliphatic rings. The summed E-state index contributed by atoms with van der Waals surface area (Å²) in [6, 6.07) is 0. The highest BCUT2D eigenvalue weighted by atomic mass is 32.1. The van der Waals surface area contributed by atoms with Crippen molar-refractivity contribution >= 4 is 12.6 Å². The van der Waals surface area contributed by atoms with E-state index in [4.69, 9.17) is 10.00 Å². The summed E-state index contributed by atoms with van der Waals surface area (Å²) in [4.78, 5) is 0. The Balaban J connectivity index is 0.000000354. The number of quaternary nitrogens is 1. The largest absolute Gasteiger partial charge is 0.696 e. The minimum atomic E-state index is 0.889. The van der Waals surface area contributed by atoms with E-state index in [0.717, 1.165) is 11.2 Å². The number of rotatable bonds is 2. The van der Waals surface area contributed by atoms with Gasteiger partial charge in [-0.25, -0.2) is 5.26 Å². The third kappa shape index (κ3) is 4.50. The van der Waals surface area contributed by atoms with Crippen LogP contribution in [0.15, 0.2) is 0 Å². The van der Waals surface area contributed by atoms with Crippen molar-refractivity contribution in [3.05, 3.63) is 0 Å². The monoisotopic (exact) mass is 188 g/mol. The smallest absolute Gasteiger partial charge is 0.182 e. The van der Waals surface area contributed by atoms with E-state index < -0.39 is 0 Å². The van der Waals surface area contributed by atoms with Gasteiger partial charge in [-0.05, 0) is 0 Å². The van der Waals surface area contributed by atoms with Crippen LogP contribution in [0.1, 0.15) is 12.8 Å². The molecule has 1 heterocycles. The van der Waals surface area contributed by atoms with Crippen molar-refractivity contribution in [2.24, 2.45) is 0 Å². The van der Waals surface area contributed by atoms with Crippen molar-refractivity contribution in [3.8, 4) is 5.40 Å². The van der Waals surface area contributed by atoms with Crippen molar-refractivity contribution in [1.82, 2.24) is 0 Å². The number of hydrogen-bond donors (Lipinski definition) is 0. The van der Waals surface area contributed by atoms with E-state index in [9.17, 15) is 0 Å². The Morgan fingerprint density at radius 3 is 2.25 bits per heavy atom. The zero-order valence-corrected chi connectivity index (χ0v) is 8.56. The van der Waals surface area contributed by atoms with Crippen LogP contribution in [0.3, 0.4) is 0 Å². The summed E-state index contributed by atoms with van der Waals surface area (Å²) < 4.78 is 6.22. The normalized spacial score (nSPS) is 19.1. The molecule has 0 unspecified atom stereocenters. The van der Waals surface area contributed by atoms with Gasteiger partial charge in [0.1, 0.15) is 0 Å². The average Bonchev–Trinajstić information content (AvgIpc) is 2.38. The molecular formula is C8H16N2OS. The molecule has 0 atom stereocenters. The zero-order chi connectivity index (χ0) is 9.45. The summed E-state index contributed by atoms with van der Waals surface area (Å²) in [5, 5.41) is 8.47. The topological polar surface area (TPSA) is 33.0 Å². The molecule has 0 saturated carbocycles. The molecule has 1 saturated heterocycles. The van der Waals surface area contributed by atoms with Crippen molar-refractivity contribution in [1.29, 1.82) is 5.26 Å².